The topological polar surface area (TPSA) is 59.0 Å². The van der Waals surface area contributed by atoms with Gasteiger partial charge >= 0.3 is 0 Å². The van der Waals surface area contributed by atoms with Crippen molar-refractivity contribution in [2.45, 2.75) is 38.8 Å². The number of aromatic nitrogens is 2. The molecule has 5 heteroatoms. The molecule has 116 valence electrons. The van der Waals surface area contributed by atoms with Crippen LogP contribution in [-0.2, 0) is 4.79 Å². The Bertz CT molecular complexity index is 641. The SMILES string of the molecule is Cc1nccn1-c1ccc([C@H](C)NC(=O)[C@@H]2CCCN2)cc1. The van der Waals surface area contributed by atoms with E-state index in [1.165, 1.54) is 0 Å². The van der Waals surface area contributed by atoms with Gasteiger partial charge in [-0.05, 0) is 50.9 Å². The van der Waals surface area contributed by atoms with Gasteiger partial charge in [-0.2, -0.15) is 0 Å². The van der Waals surface area contributed by atoms with Gasteiger partial charge in [-0.1, -0.05) is 12.1 Å². The van der Waals surface area contributed by atoms with Gasteiger partial charge in [0.25, 0.3) is 0 Å². The molecule has 0 saturated carbocycles. The summed E-state index contributed by atoms with van der Waals surface area (Å²) in [5.74, 6) is 1.06. The van der Waals surface area contributed by atoms with E-state index >= 15 is 0 Å². The van der Waals surface area contributed by atoms with Crippen LogP contribution in [0.4, 0.5) is 0 Å². The number of aryl methyl sites for hydroxylation is 1. The third-order valence-corrected chi connectivity index (χ3v) is 4.23. The average Bonchev–Trinajstić information content (AvgIpc) is 3.18. The van der Waals surface area contributed by atoms with Gasteiger partial charge in [0, 0.05) is 18.1 Å². The van der Waals surface area contributed by atoms with Crippen LogP contribution < -0.4 is 10.6 Å². The average molecular weight is 298 g/mol. The Morgan fingerprint density at radius 1 is 1.41 bits per heavy atom. The zero-order valence-corrected chi connectivity index (χ0v) is 13.0. The molecule has 0 unspecified atom stereocenters. The van der Waals surface area contributed by atoms with Crippen molar-refractivity contribution >= 4 is 5.91 Å². The van der Waals surface area contributed by atoms with Crippen LogP contribution in [0.5, 0.6) is 0 Å². The molecule has 2 heterocycles. The van der Waals surface area contributed by atoms with Crippen LogP contribution in [0.2, 0.25) is 0 Å². The normalized spacial score (nSPS) is 19.1. The van der Waals surface area contributed by atoms with E-state index in [-0.39, 0.29) is 18.0 Å². The van der Waals surface area contributed by atoms with Gasteiger partial charge in [-0.15, -0.1) is 0 Å². The Morgan fingerprint density at radius 3 is 2.77 bits per heavy atom. The number of benzene rings is 1. The molecule has 1 aliphatic heterocycles. The summed E-state index contributed by atoms with van der Waals surface area (Å²) in [6, 6.07) is 8.20. The minimum absolute atomic E-state index is 0.00725. The Kier molecular flexibility index (Phi) is 4.24. The van der Waals surface area contributed by atoms with Crippen LogP contribution in [0.15, 0.2) is 36.7 Å². The molecule has 22 heavy (non-hydrogen) atoms. The number of nitrogens with one attached hydrogen (secondary N) is 2. The molecule has 1 aromatic carbocycles. The summed E-state index contributed by atoms with van der Waals surface area (Å²) < 4.78 is 2.04. The quantitative estimate of drug-likeness (QED) is 0.909. The van der Waals surface area contributed by atoms with Crippen molar-refractivity contribution < 1.29 is 4.79 Å². The lowest BCUT2D eigenvalue weighted by molar-refractivity contribution is -0.123. The first kappa shape index (κ1) is 14.8. The summed E-state index contributed by atoms with van der Waals surface area (Å²) in [6.07, 6.45) is 5.74. The molecule has 1 aromatic heterocycles. The van der Waals surface area contributed by atoms with Gasteiger partial charge in [-0.25, -0.2) is 4.98 Å². The maximum atomic E-state index is 12.1. The summed E-state index contributed by atoms with van der Waals surface area (Å²) in [5.41, 5.74) is 2.18. The van der Waals surface area contributed by atoms with Gasteiger partial charge in [0.05, 0.1) is 12.1 Å². The van der Waals surface area contributed by atoms with Crippen molar-refractivity contribution in [2.24, 2.45) is 0 Å². The summed E-state index contributed by atoms with van der Waals surface area (Å²) in [5, 5.41) is 6.31. The Hall–Kier alpha value is -2.14. The van der Waals surface area contributed by atoms with E-state index in [1.54, 1.807) is 6.20 Å². The molecule has 5 nitrogen and oxygen atoms in total. The van der Waals surface area contributed by atoms with Crippen molar-refractivity contribution in [3.63, 3.8) is 0 Å². The zero-order valence-electron chi connectivity index (χ0n) is 13.0. The minimum atomic E-state index is -0.0321. The standard InChI is InChI=1S/C17H22N4O/c1-12(20-17(22)16-4-3-9-19-16)14-5-7-15(8-6-14)21-11-10-18-13(21)2/h5-8,10-12,16,19H,3-4,9H2,1-2H3,(H,20,22)/t12-,16-/m0/s1. The molecule has 3 rings (SSSR count). The predicted octanol–water partition coefficient (Wildman–Crippen LogP) is 2.11. The van der Waals surface area contributed by atoms with Gasteiger partial charge in [-0.3, -0.25) is 4.79 Å². The highest BCUT2D eigenvalue weighted by atomic mass is 16.2. The van der Waals surface area contributed by atoms with Crippen LogP contribution >= 0.6 is 0 Å². The molecule has 2 aromatic rings. The molecular weight excluding hydrogens is 276 g/mol. The fourth-order valence-electron chi connectivity index (χ4n) is 2.88. The number of carbonyl (C=O) groups excluding carboxylic acids is 1. The lowest BCUT2D eigenvalue weighted by atomic mass is 10.1. The van der Waals surface area contributed by atoms with E-state index in [0.717, 1.165) is 36.5 Å². The Morgan fingerprint density at radius 2 is 2.18 bits per heavy atom. The molecule has 1 amide bonds. The molecule has 0 bridgehead atoms. The molecule has 1 fully saturated rings. The second-order valence-corrected chi connectivity index (χ2v) is 5.82. The third-order valence-electron chi connectivity index (χ3n) is 4.23. The molecular formula is C17H22N4O. The van der Waals surface area contributed by atoms with Crippen LogP contribution in [0.3, 0.4) is 0 Å². The number of imidazole rings is 1. The number of nitrogens with zero attached hydrogens (tertiary/aromatic N) is 2. The second kappa shape index (κ2) is 6.32. The monoisotopic (exact) mass is 298 g/mol. The van der Waals surface area contributed by atoms with Crippen LogP contribution in [-0.4, -0.2) is 28.0 Å². The summed E-state index contributed by atoms with van der Waals surface area (Å²) >= 11 is 0. The summed E-state index contributed by atoms with van der Waals surface area (Å²) in [6.45, 7) is 4.93. The van der Waals surface area contributed by atoms with E-state index < -0.39 is 0 Å². The van der Waals surface area contributed by atoms with E-state index in [0.29, 0.717) is 0 Å². The molecule has 0 spiro atoms. The predicted molar refractivity (Wildman–Crippen MR) is 85.9 cm³/mol. The zero-order chi connectivity index (χ0) is 15.5. The van der Waals surface area contributed by atoms with E-state index in [9.17, 15) is 4.79 Å². The molecule has 2 atom stereocenters. The van der Waals surface area contributed by atoms with E-state index in [2.05, 4.69) is 39.9 Å². The Labute approximate surface area is 130 Å². The smallest absolute Gasteiger partial charge is 0.237 e. The van der Waals surface area contributed by atoms with Gasteiger partial charge < -0.3 is 15.2 Å². The van der Waals surface area contributed by atoms with Gasteiger partial charge in [0.2, 0.25) is 5.91 Å². The van der Waals surface area contributed by atoms with Crippen molar-refractivity contribution in [2.75, 3.05) is 6.54 Å². The van der Waals surface area contributed by atoms with Crippen molar-refractivity contribution in [3.05, 3.63) is 48.0 Å². The summed E-state index contributed by atoms with van der Waals surface area (Å²) in [4.78, 5) is 16.4. The number of hydrogen-bond acceptors (Lipinski definition) is 3. The third kappa shape index (κ3) is 3.04. The second-order valence-electron chi connectivity index (χ2n) is 5.82. The lowest BCUT2D eigenvalue weighted by Gasteiger charge is -2.18. The molecule has 0 aliphatic carbocycles. The Balaban J connectivity index is 1.67. The van der Waals surface area contributed by atoms with Gasteiger partial charge in [0.15, 0.2) is 0 Å². The highest BCUT2D eigenvalue weighted by Crippen LogP contribution is 2.17. The lowest BCUT2D eigenvalue weighted by Crippen LogP contribution is -2.41. The maximum Gasteiger partial charge on any atom is 0.237 e. The van der Waals surface area contributed by atoms with Crippen LogP contribution in [0, 0.1) is 6.92 Å². The maximum absolute atomic E-state index is 12.1. The first-order valence-electron chi connectivity index (χ1n) is 7.79. The number of amides is 1. The highest BCUT2D eigenvalue weighted by molar-refractivity contribution is 5.82. The van der Waals surface area contributed by atoms with E-state index in [1.807, 2.05) is 24.6 Å². The molecule has 1 saturated heterocycles. The molecule has 2 N–H and O–H groups in total. The highest BCUT2D eigenvalue weighted by Gasteiger charge is 2.23. The first-order chi connectivity index (χ1) is 10.6. The van der Waals surface area contributed by atoms with E-state index in [4.69, 9.17) is 0 Å². The molecule has 0 radical (unpaired) electrons. The largest absolute Gasteiger partial charge is 0.348 e. The number of hydrogen-bond donors (Lipinski definition) is 2. The number of rotatable bonds is 4. The number of carbonyl (C=O) groups is 1. The van der Waals surface area contributed by atoms with Crippen molar-refractivity contribution in [1.29, 1.82) is 0 Å². The fourth-order valence-corrected chi connectivity index (χ4v) is 2.88. The fraction of sp³-hybridized carbons (Fsp3) is 0.412. The summed E-state index contributed by atoms with van der Waals surface area (Å²) in [7, 11) is 0. The van der Waals surface area contributed by atoms with Crippen LogP contribution in [0.25, 0.3) is 5.69 Å². The van der Waals surface area contributed by atoms with Crippen LogP contribution in [0.1, 0.15) is 37.2 Å². The van der Waals surface area contributed by atoms with Crippen molar-refractivity contribution in [3.8, 4) is 5.69 Å². The minimum Gasteiger partial charge on any atom is -0.348 e. The molecule has 1 aliphatic rings. The van der Waals surface area contributed by atoms with Gasteiger partial charge in [0.1, 0.15) is 5.82 Å². The van der Waals surface area contributed by atoms with Crippen molar-refractivity contribution in [1.82, 2.24) is 20.2 Å². The first-order valence-corrected chi connectivity index (χ1v) is 7.79.